The molecule has 4 heteroatoms. The van der Waals surface area contributed by atoms with Gasteiger partial charge in [0.1, 0.15) is 7.05 Å². The topological polar surface area (TPSA) is 51.5 Å². The van der Waals surface area contributed by atoms with E-state index in [2.05, 4.69) is 0 Å². The SMILES string of the molecule is C[n+]1ccc(C=Cc2ccc(C(C#N)C#N)s2)cc1. The smallest absolute Gasteiger partial charge is 0.169 e. The number of aromatic nitrogens is 1. The molecule has 0 saturated carbocycles. The number of rotatable bonds is 3. The van der Waals surface area contributed by atoms with Gasteiger partial charge in [-0.25, -0.2) is 4.57 Å². The molecule has 0 aliphatic carbocycles. The summed E-state index contributed by atoms with van der Waals surface area (Å²) in [5.74, 6) is -0.664. The molecule has 0 aromatic carbocycles. The molecule has 0 radical (unpaired) electrons. The summed E-state index contributed by atoms with van der Waals surface area (Å²) in [5.41, 5.74) is 1.12. The van der Waals surface area contributed by atoms with Crippen molar-refractivity contribution in [2.45, 2.75) is 5.92 Å². The van der Waals surface area contributed by atoms with E-state index in [1.54, 1.807) is 0 Å². The first-order valence-electron chi connectivity index (χ1n) is 5.75. The van der Waals surface area contributed by atoms with Crippen LogP contribution in [-0.2, 0) is 7.05 Å². The lowest BCUT2D eigenvalue weighted by atomic mass is 10.1. The molecule has 0 saturated heterocycles. The molecule has 0 spiro atoms. The number of thiophene rings is 1. The monoisotopic (exact) mass is 266 g/mol. The zero-order valence-corrected chi connectivity index (χ0v) is 11.3. The maximum Gasteiger partial charge on any atom is 0.169 e. The van der Waals surface area contributed by atoms with Gasteiger partial charge >= 0.3 is 0 Å². The summed E-state index contributed by atoms with van der Waals surface area (Å²) in [6.45, 7) is 0. The Balaban J connectivity index is 2.14. The maximum atomic E-state index is 8.84. The molecule has 0 fully saturated rings. The van der Waals surface area contributed by atoms with Gasteiger partial charge < -0.3 is 0 Å². The normalized spacial score (nSPS) is 10.5. The summed E-state index contributed by atoms with van der Waals surface area (Å²) in [4.78, 5) is 1.84. The summed E-state index contributed by atoms with van der Waals surface area (Å²) in [7, 11) is 1.98. The lowest BCUT2D eigenvalue weighted by Gasteiger charge is -1.92. The second-order valence-corrected chi connectivity index (χ2v) is 5.21. The molecule has 3 nitrogen and oxygen atoms in total. The summed E-state index contributed by atoms with van der Waals surface area (Å²) < 4.78 is 1.98. The number of hydrogen-bond donors (Lipinski definition) is 0. The van der Waals surface area contributed by atoms with Gasteiger partial charge in [0.15, 0.2) is 18.3 Å². The van der Waals surface area contributed by atoms with E-state index in [9.17, 15) is 0 Å². The first-order chi connectivity index (χ1) is 9.22. The lowest BCUT2D eigenvalue weighted by molar-refractivity contribution is -0.671. The highest BCUT2D eigenvalue weighted by atomic mass is 32.1. The van der Waals surface area contributed by atoms with Crippen LogP contribution in [0.15, 0.2) is 36.7 Å². The highest BCUT2D eigenvalue weighted by Crippen LogP contribution is 2.25. The Hall–Kier alpha value is -2.43. The van der Waals surface area contributed by atoms with E-state index in [0.717, 1.165) is 15.3 Å². The quantitative estimate of drug-likeness (QED) is 0.802. The van der Waals surface area contributed by atoms with Crippen LogP contribution in [0.4, 0.5) is 0 Å². The molecular formula is C15H12N3S+. The van der Waals surface area contributed by atoms with E-state index in [1.165, 1.54) is 11.3 Å². The first kappa shape index (κ1) is 13.0. The zero-order valence-electron chi connectivity index (χ0n) is 10.4. The molecule has 0 amide bonds. The van der Waals surface area contributed by atoms with Crippen LogP contribution >= 0.6 is 11.3 Å². The van der Waals surface area contributed by atoms with E-state index >= 15 is 0 Å². The Bertz CT molecular complexity index is 655. The summed E-state index contributed by atoms with van der Waals surface area (Å²) in [6, 6.07) is 11.8. The van der Waals surface area contributed by atoms with Gasteiger partial charge in [-0.2, -0.15) is 10.5 Å². The average molecular weight is 266 g/mol. The minimum absolute atomic E-state index is 0.664. The third kappa shape index (κ3) is 3.28. The van der Waals surface area contributed by atoms with Crippen molar-refractivity contribution >= 4 is 23.5 Å². The van der Waals surface area contributed by atoms with Gasteiger partial charge in [0, 0.05) is 21.9 Å². The number of nitriles is 2. The standard InChI is InChI=1S/C15H12N3S/c1-18-8-6-12(7-9-18)2-3-14-4-5-15(19-14)13(10-16)11-17/h2-9,13H,1H3/q+1. The molecule has 92 valence electrons. The van der Waals surface area contributed by atoms with Crippen molar-refractivity contribution < 1.29 is 4.57 Å². The highest BCUT2D eigenvalue weighted by Gasteiger charge is 2.10. The van der Waals surface area contributed by atoms with Gasteiger partial charge in [0.2, 0.25) is 0 Å². The van der Waals surface area contributed by atoms with Gasteiger partial charge in [-0.3, -0.25) is 0 Å². The van der Waals surface area contributed by atoms with Crippen LogP contribution in [0.25, 0.3) is 12.2 Å². The van der Waals surface area contributed by atoms with E-state index in [1.807, 2.05) is 72.6 Å². The van der Waals surface area contributed by atoms with Crippen molar-refractivity contribution in [2.75, 3.05) is 0 Å². The van der Waals surface area contributed by atoms with E-state index in [0.29, 0.717) is 0 Å². The van der Waals surface area contributed by atoms with E-state index < -0.39 is 5.92 Å². The predicted molar refractivity (Wildman–Crippen MR) is 74.8 cm³/mol. The van der Waals surface area contributed by atoms with Crippen LogP contribution in [-0.4, -0.2) is 0 Å². The summed E-state index contributed by atoms with van der Waals surface area (Å²) >= 11 is 1.48. The minimum atomic E-state index is -0.664. The molecule has 0 unspecified atom stereocenters. The van der Waals surface area contributed by atoms with Crippen LogP contribution < -0.4 is 4.57 Å². The fourth-order valence-electron chi connectivity index (χ4n) is 1.57. The summed E-state index contributed by atoms with van der Waals surface area (Å²) in [5, 5.41) is 17.7. The Labute approximate surface area is 116 Å². The molecule has 0 aliphatic heterocycles. The van der Waals surface area contributed by atoms with Gasteiger partial charge in [-0.1, -0.05) is 6.08 Å². The molecule has 0 N–H and O–H groups in total. The number of hydrogen-bond acceptors (Lipinski definition) is 3. The van der Waals surface area contributed by atoms with Crippen molar-refractivity contribution in [1.82, 2.24) is 0 Å². The second kappa shape index (κ2) is 5.95. The van der Waals surface area contributed by atoms with Crippen LogP contribution in [0.1, 0.15) is 21.2 Å². The first-order valence-corrected chi connectivity index (χ1v) is 6.57. The van der Waals surface area contributed by atoms with Gasteiger partial charge in [0.25, 0.3) is 0 Å². The number of pyridine rings is 1. The van der Waals surface area contributed by atoms with Crippen molar-refractivity contribution in [1.29, 1.82) is 10.5 Å². The van der Waals surface area contributed by atoms with Crippen molar-refractivity contribution in [2.24, 2.45) is 7.05 Å². The molecule has 19 heavy (non-hydrogen) atoms. The lowest BCUT2D eigenvalue weighted by Crippen LogP contribution is -2.25. The Kier molecular flexibility index (Phi) is 4.07. The molecule has 2 aromatic rings. The number of nitrogens with zero attached hydrogens (tertiary/aromatic N) is 3. The van der Waals surface area contributed by atoms with Crippen molar-refractivity contribution in [3.8, 4) is 12.1 Å². The Morgan fingerprint density at radius 1 is 1.11 bits per heavy atom. The van der Waals surface area contributed by atoms with Crippen LogP contribution in [0, 0.1) is 22.7 Å². The molecule has 0 atom stereocenters. The Morgan fingerprint density at radius 2 is 1.79 bits per heavy atom. The van der Waals surface area contributed by atoms with Crippen molar-refractivity contribution in [3.05, 3.63) is 52.0 Å². The molecule has 2 aromatic heterocycles. The van der Waals surface area contributed by atoms with Crippen LogP contribution in [0.3, 0.4) is 0 Å². The van der Waals surface area contributed by atoms with E-state index in [4.69, 9.17) is 10.5 Å². The van der Waals surface area contributed by atoms with Gasteiger partial charge in [-0.15, -0.1) is 11.3 Å². The predicted octanol–water partition coefficient (Wildman–Crippen LogP) is 2.87. The highest BCUT2D eigenvalue weighted by molar-refractivity contribution is 7.13. The van der Waals surface area contributed by atoms with Gasteiger partial charge in [-0.05, 0) is 23.8 Å². The molecule has 2 rings (SSSR count). The van der Waals surface area contributed by atoms with Gasteiger partial charge in [0.05, 0.1) is 12.1 Å². The van der Waals surface area contributed by atoms with E-state index in [-0.39, 0.29) is 0 Å². The summed E-state index contributed by atoms with van der Waals surface area (Å²) in [6.07, 6.45) is 7.99. The Morgan fingerprint density at radius 3 is 2.42 bits per heavy atom. The van der Waals surface area contributed by atoms with Crippen LogP contribution in [0.2, 0.25) is 0 Å². The molecule has 2 heterocycles. The minimum Gasteiger partial charge on any atom is -0.208 e. The average Bonchev–Trinajstić information content (AvgIpc) is 2.88. The fraction of sp³-hybridized carbons (Fsp3) is 0.133. The molecular weight excluding hydrogens is 254 g/mol. The van der Waals surface area contributed by atoms with Crippen LogP contribution in [0.5, 0.6) is 0 Å². The molecule has 0 bridgehead atoms. The number of aryl methyl sites for hydroxylation is 1. The zero-order chi connectivity index (χ0) is 13.7. The largest absolute Gasteiger partial charge is 0.208 e. The third-order valence-electron chi connectivity index (χ3n) is 2.63. The fourth-order valence-corrected chi connectivity index (χ4v) is 2.47. The third-order valence-corrected chi connectivity index (χ3v) is 3.75. The van der Waals surface area contributed by atoms with Crippen molar-refractivity contribution in [3.63, 3.8) is 0 Å². The maximum absolute atomic E-state index is 8.84. The second-order valence-electron chi connectivity index (χ2n) is 4.06. The molecule has 0 aliphatic rings.